The molecular weight excluding hydrogens is 380 g/mol. The highest BCUT2D eigenvalue weighted by molar-refractivity contribution is 5.97. The van der Waals surface area contributed by atoms with Gasteiger partial charge in [0.1, 0.15) is 23.5 Å². The summed E-state index contributed by atoms with van der Waals surface area (Å²) in [5.74, 6) is 0.548. The summed E-state index contributed by atoms with van der Waals surface area (Å²) in [6.07, 6.45) is 1.38. The summed E-state index contributed by atoms with van der Waals surface area (Å²) < 4.78 is 6.10. The first-order valence-corrected chi connectivity index (χ1v) is 9.98. The molecule has 2 aromatic rings. The van der Waals surface area contributed by atoms with Gasteiger partial charge in [0.2, 0.25) is 5.91 Å². The van der Waals surface area contributed by atoms with Crippen LogP contribution in [-0.4, -0.2) is 47.7 Å². The van der Waals surface area contributed by atoms with E-state index in [-0.39, 0.29) is 29.7 Å². The van der Waals surface area contributed by atoms with Crippen molar-refractivity contribution in [1.29, 1.82) is 10.8 Å². The van der Waals surface area contributed by atoms with Crippen LogP contribution in [0.1, 0.15) is 30.9 Å². The van der Waals surface area contributed by atoms with Crippen molar-refractivity contribution in [3.8, 4) is 5.75 Å². The van der Waals surface area contributed by atoms with E-state index in [0.717, 1.165) is 13.0 Å². The van der Waals surface area contributed by atoms with Crippen LogP contribution in [0.3, 0.4) is 0 Å². The number of nitrogen functional groups attached to an aromatic ring is 2. The van der Waals surface area contributed by atoms with Gasteiger partial charge >= 0.3 is 0 Å². The fourth-order valence-electron chi connectivity index (χ4n) is 3.64. The second-order valence-electron chi connectivity index (χ2n) is 7.41. The summed E-state index contributed by atoms with van der Waals surface area (Å²) in [5.41, 5.74) is 12.9. The monoisotopic (exact) mass is 408 g/mol. The summed E-state index contributed by atoms with van der Waals surface area (Å²) in [5, 5.41) is 18.0. The first kappa shape index (κ1) is 21.3. The van der Waals surface area contributed by atoms with Crippen molar-refractivity contribution in [3.63, 3.8) is 0 Å². The molecule has 1 fully saturated rings. The Bertz CT molecular complexity index is 927. The number of carbonyl (C=O) groups is 1. The zero-order valence-electron chi connectivity index (χ0n) is 17.0. The van der Waals surface area contributed by atoms with E-state index in [1.54, 1.807) is 42.5 Å². The lowest BCUT2D eigenvalue weighted by Gasteiger charge is -2.22. The molecule has 2 unspecified atom stereocenters. The van der Waals surface area contributed by atoms with E-state index in [1.165, 1.54) is 0 Å². The standard InChI is InChI=1S/C22H28N6O2/c1-2-10-28-13-18(30-17-5-3-4-15(11-17)21(25)26)12-19(28)22(29)27-16-8-6-14(7-9-16)20(23)24/h3-9,11,18-19H,2,10,12-13H2,1H3,(H3,23,24)(H3,25,26)(H,27,29). The van der Waals surface area contributed by atoms with Gasteiger partial charge in [-0.05, 0) is 49.4 Å². The normalized spacial score (nSPS) is 18.7. The summed E-state index contributed by atoms with van der Waals surface area (Å²) >= 11 is 0. The van der Waals surface area contributed by atoms with Crippen molar-refractivity contribution < 1.29 is 9.53 Å². The van der Waals surface area contributed by atoms with Gasteiger partial charge in [-0.25, -0.2) is 0 Å². The predicted octanol–water partition coefficient (Wildman–Crippen LogP) is 2.13. The number of amides is 1. The van der Waals surface area contributed by atoms with Crippen LogP contribution in [0.15, 0.2) is 48.5 Å². The summed E-state index contributed by atoms with van der Waals surface area (Å²) in [7, 11) is 0. The van der Waals surface area contributed by atoms with Gasteiger partial charge in [0.15, 0.2) is 0 Å². The fourth-order valence-corrected chi connectivity index (χ4v) is 3.64. The van der Waals surface area contributed by atoms with Gasteiger partial charge in [0.25, 0.3) is 0 Å². The summed E-state index contributed by atoms with van der Waals surface area (Å²) in [4.78, 5) is 15.1. The lowest BCUT2D eigenvalue weighted by Crippen LogP contribution is -2.40. The molecule has 3 rings (SSSR count). The highest BCUT2D eigenvalue weighted by atomic mass is 16.5. The Labute approximate surface area is 176 Å². The Kier molecular flexibility index (Phi) is 6.68. The molecule has 1 amide bonds. The minimum Gasteiger partial charge on any atom is -0.489 e. The van der Waals surface area contributed by atoms with Gasteiger partial charge in [-0.1, -0.05) is 19.1 Å². The van der Waals surface area contributed by atoms with Crippen LogP contribution >= 0.6 is 0 Å². The predicted molar refractivity (Wildman–Crippen MR) is 118 cm³/mol. The third-order valence-electron chi connectivity index (χ3n) is 5.09. The number of likely N-dealkylation sites (tertiary alicyclic amines) is 1. The first-order valence-electron chi connectivity index (χ1n) is 9.98. The molecule has 8 nitrogen and oxygen atoms in total. The molecule has 2 atom stereocenters. The van der Waals surface area contributed by atoms with E-state index >= 15 is 0 Å². The zero-order valence-corrected chi connectivity index (χ0v) is 17.0. The highest BCUT2D eigenvalue weighted by Crippen LogP contribution is 2.25. The van der Waals surface area contributed by atoms with Crippen LogP contribution in [-0.2, 0) is 4.79 Å². The molecule has 0 spiro atoms. The van der Waals surface area contributed by atoms with Gasteiger partial charge in [0, 0.05) is 29.8 Å². The van der Waals surface area contributed by atoms with E-state index in [1.807, 2.05) is 6.07 Å². The maximum atomic E-state index is 12.9. The maximum Gasteiger partial charge on any atom is 0.241 e. The molecule has 30 heavy (non-hydrogen) atoms. The second-order valence-corrected chi connectivity index (χ2v) is 7.41. The molecule has 1 saturated heterocycles. The molecule has 1 heterocycles. The van der Waals surface area contributed by atoms with Gasteiger partial charge in [0.05, 0.1) is 6.04 Å². The largest absolute Gasteiger partial charge is 0.489 e. The molecule has 1 aliphatic rings. The zero-order chi connectivity index (χ0) is 21.7. The summed E-state index contributed by atoms with van der Waals surface area (Å²) in [6.45, 7) is 3.54. The van der Waals surface area contributed by atoms with Gasteiger partial charge < -0.3 is 21.5 Å². The van der Waals surface area contributed by atoms with Gasteiger partial charge in [-0.15, -0.1) is 0 Å². The topological polar surface area (TPSA) is 141 Å². The minimum absolute atomic E-state index is 0.00692. The SMILES string of the molecule is CCCN1CC(Oc2cccc(C(=N)N)c2)CC1C(=O)Nc1ccc(C(=N)N)cc1. The van der Waals surface area contributed by atoms with Crippen molar-refractivity contribution in [1.82, 2.24) is 4.90 Å². The third kappa shape index (κ3) is 5.15. The van der Waals surface area contributed by atoms with Crippen molar-refractivity contribution in [2.75, 3.05) is 18.4 Å². The molecule has 2 aromatic carbocycles. The quantitative estimate of drug-likeness (QED) is 0.336. The number of nitrogens with two attached hydrogens (primary N) is 2. The number of hydrogen-bond donors (Lipinski definition) is 5. The third-order valence-corrected chi connectivity index (χ3v) is 5.09. The Morgan fingerprint density at radius 1 is 1.13 bits per heavy atom. The number of anilines is 1. The molecule has 0 bridgehead atoms. The van der Waals surface area contributed by atoms with E-state index < -0.39 is 0 Å². The number of rotatable bonds is 8. The average Bonchev–Trinajstić information content (AvgIpc) is 3.11. The first-order chi connectivity index (χ1) is 14.4. The molecule has 7 N–H and O–H groups in total. The lowest BCUT2D eigenvalue weighted by molar-refractivity contribution is -0.120. The number of carbonyl (C=O) groups excluding carboxylic acids is 1. The molecule has 158 valence electrons. The lowest BCUT2D eigenvalue weighted by atomic mass is 10.1. The minimum atomic E-state index is -0.293. The van der Waals surface area contributed by atoms with Gasteiger partial charge in [-0.3, -0.25) is 20.5 Å². The van der Waals surface area contributed by atoms with E-state index in [4.69, 9.17) is 27.0 Å². The number of nitrogens with one attached hydrogen (secondary N) is 3. The van der Waals surface area contributed by atoms with Crippen molar-refractivity contribution in [3.05, 3.63) is 59.7 Å². The van der Waals surface area contributed by atoms with E-state index in [0.29, 0.717) is 35.5 Å². The maximum absolute atomic E-state index is 12.9. The Balaban J connectivity index is 1.67. The average molecular weight is 409 g/mol. The number of amidine groups is 2. The van der Waals surface area contributed by atoms with E-state index in [2.05, 4.69) is 17.1 Å². The fraction of sp³-hybridized carbons (Fsp3) is 0.318. The molecule has 0 saturated carbocycles. The van der Waals surface area contributed by atoms with Crippen LogP contribution in [0.25, 0.3) is 0 Å². The molecule has 0 aliphatic carbocycles. The smallest absolute Gasteiger partial charge is 0.241 e. The molecular formula is C22H28N6O2. The van der Waals surface area contributed by atoms with Crippen LogP contribution < -0.4 is 21.5 Å². The van der Waals surface area contributed by atoms with Crippen molar-refractivity contribution in [2.24, 2.45) is 11.5 Å². The van der Waals surface area contributed by atoms with E-state index in [9.17, 15) is 4.79 Å². The van der Waals surface area contributed by atoms with Crippen molar-refractivity contribution in [2.45, 2.75) is 31.9 Å². The number of ether oxygens (including phenoxy) is 1. The second kappa shape index (κ2) is 9.41. The Hall–Kier alpha value is -3.39. The Morgan fingerprint density at radius 2 is 1.83 bits per heavy atom. The molecule has 0 radical (unpaired) electrons. The number of benzene rings is 2. The van der Waals surface area contributed by atoms with Crippen LogP contribution in [0.5, 0.6) is 5.75 Å². The number of hydrogen-bond acceptors (Lipinski definition) is 5. The Morgan fingerprint density at radius 3 is 2.47 bits per heavy atom. The van der Waals surface area contributed by atoms with Crippen LogP contribution in [0, 0.1) is 10.8 Å². The van der Waals surface area contributed by atoms with Crippen molar-refractivity contribution >= 4 is 23.3 Å². The van der Waals surface area contributed by atoms with Gasteiger partial charge in [-0.2, -0.15) is 0 Å². The van der Waals surface area contributed by atoms with Crippen LogP contribution in [0.2, 0.25) is 0 Å². The summed E-state index contributed by atoms with van der Waals surface area (Å²) in [6, 6.07) is 13.8. The highest BCUT2D eigenvalue weighted by Gasteiger charge is 2.37. The molecule has 1 aliphatic heterocycles. The number of nitrogens with zero attached hydrogens (tertiary/aromatic N) is 1. The van der Waals surface area contributed by atoms with Crippen LogP contribution in [0.4, 0.5) is 5.69 Å². The molecule has 8 heteroatoms. The molecule has 0 aromatic heterocycles.